The van der Waals surface area contributed by atoms with Gasteiger partial charge >= 0.3 is 11.6 Å². The lowest BCUT2D eigenvalue weighted by molar-refractivity contribution is -0.131. The molecule has 0 saturated carbocycles. The molecule has 0 radical (unpaired) electrons. The summed E-state index contributed by atoms with van der Waals surface area (Å²) in [4.78, 5) is 30.1. The Morgan fingerprint density at radius 1 is 1.07 bits per heavy atom. The van der Waals surface area contributed by atoms with E-state index < -0.39 is 11.6 Å². The summed E-state index contributed by atoms with van der Waals surface area (Å²) in [5, 5.41) is 10.8. The van der Waals surface area contributed by atoms with E-state index in [0.29, 0.717) is 16.6 Å². The molecule has 0 saturated heterocycles. The standard InChI is InChI=1S/C21H14N2O4/c24-19(25)10-9-13-5-7-14(8-6-13)11-18-21(26)27-20(23-18)17-12-15-3-1-2-4-16(15)22-17/h1-12,23H,(H,24,25)/b10-9+,18-11-,20-17?. The highest BCUT2D eigenvalue weighted by Gasteiger charge is 2.05. The average molecular weight is 358 g/mol. The summed E-state index contributed by atoms with van der Waals surface area (Å²) in [6.07, 6.45) is 6.10. The monoisotopic (exact) mass is 358 g/mol. The van der Waals surface area contributed by atoms with Gasteiger partial charge in [0.25, 0.3) is 0 Å². The summed E-state index contributed by atoms with van der Waals surface area (Å²) in [5.74, 6) is -1.00. The molecule has 0 bridgehead atoms. The quantitative estimate of drug-likeness (QED) is 0.650. The molecule has 6 heteroatoms. The Kier molecular flexibility index (Phi) is 4.14. The number of rotatable bonds is 3. The van der Waals surface area contributed by atoms with Crippen LogP contribution in [-0.4, -0.2) is 16.1 Å². The zero-order chi connectivity index (χ0) is 18.8. The molecule has 1 aromatic heterocycles. The van der Waals surface area contributed by atoms with E-state index in [2.05, 4.69) is 9.98 Å². The van der Waals surface area contributed by atoms with Gasteiger partial charge < -0.3 is 14.5 Å². The number of hydrogen-bond donors (Lipinski definition) is 2. The second-order valence-corrected chi connectivity index (χ2v) is 5.94. The van der Waals surface area contributed by atoms with Gasteiger partial charge in [-0.1, -0.05) is 42.5 Å². The first-order valence-corrected chi connectivity index (χ1v) is 8.20. The molecule has 2 N–H and O–H groups in total. The number of carboxylic acids is 1. The van der Waals surface area contributed by atoms with Crippen LogP contribution in [-0.2, 0) is 4.79 Å². The van der Waals surface area contributed by atoms with E-state index in [1.165, 1.54) is 6.08 Å². The molecule has 1 aliphatic rings. The minimum Gasteiger partial charge on any atom is -0.478 e. The van der Waals surface area contributed by atoms with Gasteiger partial charge in [-0.2, -0.15) is 0 Å². The molecule has 2 aromatic carbocycles. The molecule has 0 atom stereocenters. The highest BCUT2D eigenvalue weighted by molar-refractivity contribution is 5.85. The van der Waals surface area contributed by atoms with Crippen molar-refractivity contribution < 1.29 is 14.3 Å². The number of aliphatic carboxylic acids is 1. The van der Waals surface area contributed by atoms with Crippen molar-refractivity contribution in [3.8, 4) is 0 Å². The third-order valence-electron chi connectivity index (χ3n) is 4.03. The van der Waals surface area contributed by atoms with Crippen LogP contribution in [0.3, 0.4) is 0 Å². The van der Waals surface area contributed by atoms with Crippen LogP contribution in [0.1, 0.15) is 11.1 Å². The van der Waals surface area contributed by atoms with Crippen molar-refractivity contribution in [2.45, 2.75) is 0 Å². The molecule has 1 aliphatic heterocycles. The minimum atomic E-state index is -1.00. The lowest BCUT2D eigenvalue weighted by Crippen LogP contribution is -2.21. The van der Waals surface area contributed by atoms with Crippen molar-refractivity contribution in [2.24, 2.45) is 4.99 Å². The number of aromatic nitrogens is 1. The van der Waals surface area contributed by atoms with Crippen LogP contribution >= 0.6 is 0 Å². The summed E-state index contributed by atoms with van der Waals surface area (Å²) >= 11 is 0. The van der Waals surface area contributed by atoms with Gasteiger partial charge in [0.2, 0.25) is 5.55 Å². The zero-order valence-electron chi connectivity index (χ0n) is 14.0. The van der Waals surface area contributed by atoms with Gasteiger partial charge in [-0.25, -0.2) is 14.6 Å². The van der Waals surface area contributed by atoms with Gasteiger partial charge in [0.05, 0.1) is 5.36 Å². The lowest BCUT2D eigenvalue weighted by atomic mass is 10.1. The van der Waals surface area contributed by atoms with Gasteiger partial charge in [0.15, 0.2) is 0 Å². The maximum atomic E-state index is 12.1. The molecule has 0 spiro atoms. The molecule has 0 unspecified atom stereocenters. The smallest absolute Gasteiger partial charge is 0.361 e. The normalized spacial score (nSPS) is 15.5. The molecule has 4 rings (SSSR count). The molecular formula is C21H14N2O4. The second-order valence-electron chi connectivity index (χ2n) is 5.94. The van der Waals surface area contributed by atoms with E-state index in [-0.39, 0.29) is 0 Å². The van der Waals surface area contributed by atoms with Gasteiger partial charge in [-0.05, 0) is 35.4 Å². The van der Waals surface area contributed by atoms with Crippen LogP contribution in [0, 0.1) is 0 Å². The van der Waals surface area contributed by atoms with Crippen molar-refractivity contribution in [1.82, 2.24) is 4.98 Å². The second kappa shape index (κ2) is 6.76. The number of oxazole rings is 1. The van der Waals surface area contributed by atoms with Crippen LogP contribution in [0.15, 0.2) is 68.8 Å². The van der Waals surface area contributed by atoms with Crippen LogP contribution in [0.25, 0.3) is 23.9 Å². The van der Waals surface area contributed by atoms with E-state index in [0.717, 1.165) is 27.8 Å². The van der Waals surface area contributed by atoms with E-state index in [1.54, 1.807) is 30.3 Å². The highest BCUT2D eigenvalue weighted by atomic mass is 16.4. The van der Waals surface area contributed by atoms with Gasteiger partial charge in [-0.3, -0.25) is 0 Å². The van der Waals surface area contributed by atoms with Crippen LogP contribution in [0.2, 0.25) is 0 Å². The average Bonchev–Trinajstić information content (AvgIpc) is 3.25. The Hall–Kier alpha value is -3.93. The fourth-order valence-electron chi connectivity index (χ4n) is 2.73. The Labute approximate surface area is 152 Å². The third kappa shape index (κ3) is 3.55. The van der Waals surface area contributed by atoms with Gasteiger partial charge in [0, 0.05) is 11.3 Å². The summed E-state index contributed by atoms with van der Waals surface area (Å²) in [6, 6.07) is 14.8. The molecule has 3 aromatic rings. The van der Waals surface area contributed by atoms with Crippen molar-refractivity contribution in [1.29, 1.82) is 0 Å². The SMILES string of the molecule is O=C(O)/C=C/c1ccc(/C=c2\[nH]c(=C3C=c4ccccc4=N3)oc2=O)cc1. The molecule has 0 fully saturated rings. The molecule has 132 valence electrons. The maximum absolute atomic E-state index is 12.1. The van der Waals surface area contributed by atoms with Crippen LogP contribution in [0.4, 0.5) is 0 Å². The fraction of sp³-hybridized carbons (Fsp3) is 0. The van der Waals surface area contributed by atoms with E-state index in [9.17, 15) is 9.59 Å². The maximum Gasteiger partial charge on any atom is 0.361 e. The van der Waals surface area contributed by atoms with Crippen molar-refractivity contribution in [3.63, 3.8) is 0 Å². The third-order valence-corrected chi connectivity index (χ3v) is 4.03. The van der Waals surface area contributed by atoms with Gasteiger partial charge in [-0.15, -0.1) is 0 Å². The number of fused-ring (bicyclic) bond motifs is 1. The van der Waals surface area contributed by atoms with Crippen molar-refractivity contribution in [3.05, 3.63) is 97.6 Å². The number of hydrogen-bond acceptors (Lipinski definition) is 4. The number of benzene rings is 2. The van der Waals surface area contributed by atoms with Crippen molar-refractivity contribution in [2.75, 3.05) is 0 Å². The number of H-pyrrole nitrogens is 1. The summed E-state index contributed by atoms with van der Waals surface area (Å²) in [5.41, 5.74) is 1.93. The molecule has 27 heavy (non-hydrogen) atoms. The number of nitrogens with one attached hydrogen (secondary N) is 1. The number of para-hydroxylation sites is 1. The molecule has 6 nitrogen and oxygen atoms in total. The molecular weight excluding hydrogens is 344 g/mol. The first-order chi connectivity index (χ1) is 13.1. The molecule has 0 amide bonds. The van der Waals surface area contributed by atoms with E-state index in [1.807, 2.05) is 30.3 Å². The molecule has 2 heterocycles. The Balaban J connectivity index is 1.72. The predicted molar refractivity (Wildman–Crippen MR) is 100 cm³/mol. The first-order valence-electron chi connectivity index (χ1n) is 8.20. The summed E-state index contributed by atoms with van der Waals surface area (Å²) < 4.78 is 5.31. The Morgan fingerprint density at radius 3 is 2.56 bits per heavy atom. The summed E-state index contributed by atoms with van der Waals surface area (Å²) in [7, 11) is 0. The Morgan fingerprint density at radius 2 is 1.81 bits per heavy atom. The largest absolute Gasteiger partial charge is 0.478 e. The van der Waals surface area contributed by atoms with Crippen LogP contribution < -0.4 is 27.1 Å². The number of carbonyl (C=O) groups is 1. The Bertz CT molecular complexity index is 1320. The number of aromatic amines is 1. The van der Waals surface area contributed by atoms with Gasteiger partial charge in [0.1, 0.15) is 11.0 Å². The molecule has 0 aliphatic carbocycles. The first kappa shape index (κ1) is 16.5. The number of carboxylic acid groups (broad SMARTS) is 1. The minimum absolute atomic E-state index is 0.309. The van der Waals surface area contributed by atoms with Crippen molar-refractivity contribution >= 4 is 29.9 Å². The fourth-order valence-corrected chi connectivity index (χ4v) is 2.73. The topological polar surface area (TPSA) is 95.7 Å². The predicted octanol–water partition coefficient (Wildman–Crippen LogP) is 0.117. The summed E-state index contributed by atoms with van der Waals surface area (Å²) in [6.45, 7) is 0. The van der Waals surface area contributed by atoms with E-state index in [4.69, 9.17) is 9.52 Å². The zero-order valence-corrected chi connectivity index (χ0v) is 14.0. The van der Waals surface area contributed by atoms with E-state index >= 15 is 0 Å². The number of nitrogens with zero attached hydrogens (tertiary/aromatic N) is 1. The lowest BCUT2D eigenvalue weighted by Gasteiger charge is -1.94. The highest BCUT2D eigenvalue weighted by Crippen LogP contribution is 2.06. The van der Waals surface area contributed by atoms with Crippen LogP contribution in [0.5, 0.6) is 0 Å².